The molecule has 0 bridgehead atoms. The number of aromatic nitrogens is 4. The van der Waals surface area contributed by atoms with Gasteiger partial charge in [0.05, 0.1) is 11.7 Å². The van der Waals surface area contributed by atoms with Crippen molar-refractivity contribution in [3.05, 3.63) is 18.7 Å². The lowest BCUT2D eigenvalue weighted by atomic mass is 10.2. The highest BCUT2D eigenvalue weighted by Crippen LogP contribution is 2.23. The van der Waals surface area contributed by atoms with Crippen LogP contribution in [-0.2, 0) is 0 Å². The summed E-state index contributed by atoms with van der Waals surface area (Å²) in [5.74, 6) is 0.764. The highest BCUT2D eigenvalue weighted by Gasteiger charge is 2.08. The molecular formula is C7H7N5S. The van der Waals surface area contributed by atoms with Crippen LogP contribution < -0.4 is 5.32 Å². The van der Waals surface area contributed by atoms with Crippen molar-refractivity contribution in [1.29, 1.82) is 0 Å². The van der Waals surface area contributed by atoms with Crippen molar-refractivity contribution in [2.45, 2.75) is 0 Å². The number of nitrogens with one attached hydrogen (secondary N) is 1. The van der Waals surface area contributed by atoms with Gasteiger partial charge in [0.25, 0.3) is 0 Å². The average molecular weight is 193 g/mol. The summed E-state index contributed by atoms with van der Waals surface area (Å²) < 4.78 is 8.22. The van der Waals surface area contributed by atoms with E-state index in [0.29, 0.717) is 0 Å². The van der Waals surface area contributed by atoms with Gasteiger partial charge >= 0.3 is 0 Å². The second kappa shape index (κ2) is 3.44. The van der Waals surface area contributed by atoms with Gasteiger partial charge in [0.1, 0.15) is 12.0 Å². The van der Waals surface area contributed by atoms with Gasteiger partial charge in [0.15, 0.2) is 5.82 Å². The fourth-order valence-corrected chi connectivity index (χ4v) is 1.54. The molecule has 13 heavy (non-hydrogen) atoms. The van der Waals surface area contributed by atoms with E-state index in [1.807, 2.05) is 7.05 Å². The summed E-state index contributed by atoms with van der Waals surface area (Å²) in [6, 6.07) is 0. The van der Waals surface area contributed by atoms with Crippen LogP contribution in [0.3, 0.4) is 0 Å². The van der Waals surface area contributed by atoms with Gasteiger partial charge in [0.2, 0.25) is 0 Å². The highest BCUT2D eigenvalue weighted by molar-refractivity contribution is 6.99. The fourth-order valence-electron chi connectivity index (χ4n) is 0.963. The molecule has 0 fully saturated rings. The van der Waals surface area contributed by atoms with E-state index in [0.717, 1.165) is 17.1 Å². The van der Waals surface area contributed by atoms with Gasteiger partial charge in [-0.25, -0.2) is 9.97 Å². The lowest BCUT2D eigenvalue weighted by molar-refractivity contribution is 1.16. The monoisotopic (exact) mass is 193 g/mol. The van der Waals surface area contributed by atoms with E-state index in [4.69, 9.17) is 0 Å². The van der Waals surface area contributed by atoms with Crippen LogP contribution in [0, 0.1) is 0 Å². The maximum Gasteiger partial charge on any atom is 0.167 e. The molecule has 0 spiro atoms. The van der Waals surface area contributed by atoms with Gasteiger partial charge in [-0.15, -0.1) is 0 Å². The van der Waals surface area contributed by atoms with Crippen LogP contribution in [0.2, 0.25) is 0 Å². The molecule has 6 heteroatoms. The molecular weight excluding hydrogens is 186 g/mol. The second-order valence-electron chi connectivity index (χ2n) is 2.34. The van der Waals surface area contributed by atoms with Crippen molar-refractivity contribution in [3.63, 3.8) is 0 Å². The van der Waals surface area contributed by atoms with Crippen molar-refractivity contribution < 1.29 is 0 Å². The minimum Gasteiger partial charge on any atom is -0.370 e. The lowest BCUT2D eigenvalue weighted by Crippen LogP contribution is -1.91. The molecule has 0 saturated heterocycles. The molecule has 0 amide bonds. The van der Waals surface area contributed by atoms with Gasteiger partial charge in [-0.05, 0) is 0 Å². The van der Waals surface area contributed by atoms with E-state index in [-0.39, 0.29) is 0 Å². The summed E-state index contributed by atoms with van der Waals surface area (Å²) in [7, 11) is 1.81. The first-order valence-corrected chi connectivity index (χ1v) is 4.40. The van der Waals surface area contributed by atoms with E-state index in [9.17, 15) is 0 Å². The van der Waals surface area contributed by atoms with Crippen LogP contribution in [-0.4, -0.2) is 25.8 Å². The maximum atomic E-state index is 4.15. The zero-order chi connectivity index (χ0) is 9.10. The first-order chi connectivity index (χ1) is 6.42. The molecule has 2 aromatic heterocycles. The quantitative estimate of drug-likeness (QED) is 0.772. The minimum absolute atomic E-state index is 0.764. The molecule has 66 valence electrons. The topological polar surface area (TPSA) is 63.6 Å². The molecule has 2 rings (SSSR count). The van der Waals surface area contributed by atoms with Crippen molar-refractivity contribution >= 4 is 17.5 Å². The third-order valence-electron chi connectivity index (χ3n) is 1.56. The fraction of sp³-hybridized carbons (Fsp3) is 0.143. The van der Waals surface area contributed by atoms with Crippen LogP contribution in [0.5, 0.6) is 0 Å². The van der Waals surface area contributed by atoms with Gasteiger partial charge in [-0.2, -0.15) is 8.75 Å². The molecule has 2 heterocycles. The number of hydrogen-bond acceptors (Lipinski definition) is 6. The SMILES string of the molecule is CNc1nsnc1-c1cncnc1. The smallest absolute Gasteiger partial charge is 0.167 e. The molecule has 0 unspecified atom stereocenters. The zero-order valence-electron chi connectivity index (χ0n) is 6.93. The standard InChI is InChI=1S/C7H7N5S/c1-8-7-6(11-13-12-7)5-2-9-4-10-3-5/h2-4H,1H3,(H,8,12). The Labute approximate surface area is 79.2 Å². The third kappa shape index (κ3) is 1.48. The summed E-state index contributed by atoms with van der Waals surface area (Å²) in [6.45, 7) is 0. The normalized spacial score (nSPS) is 9.92. The van der Waals surface area contributed by atoms with Crippen LogP contribution in [0.15, 0.2) is 18.7 Å². The molecule has 0 aromatic carbocycles. The summed E-state index contributed by atoms with van der Waals surface area (Å²) in [6.07, 6.45) is 4.91. The molecule has 0 aliphatic heterocycles. The Kier molecular flexibility index (Phi) is 2.13. The summed E-state index contributed by atoms with van der Waals surface area (Å²) in [5, 5.41) is 2.96. The van der Waals surface area contributed by atoms with E-state index in [1.54, 1.807) is 12.4 Å². The Morgan fingerprint density at radius 1 is 1.23 bits per heavy atom. The van der Waals surface area contributed by atoms with E-state index in [2.05, 4.69) is 24.0 Å². The van der Waals surface area contributed by atoms with Gasteiger partial charge in [0, 0.05) is 25.0 Å². The molecule has 5 nitrogen and oxygen atoms in total. The van der Waals surface area contributed by atoms with Crippen molar-refractivity contribution in [2.75, 3.05) is 12.4 Å². The molecule has 0 aliphatic rings. The van der Waals surface area contributed by atoms with Gasteiger partial charge < -0.3 is 5.32 Å². The number of anilines is 1. The number of hydrogen-bond donors (Lipinski definition) is 1. The van der Waals surface area contributed by atoms with Crippen molar-refractivity contribution in [3.8, 4) is 11.3 Å². The van der Waals surface area contributed by atoms with Crippen LogP contribution in [0.1, 0.15) is 0 Å². The Bertz CT molecular complexity index is 385. The zero-order valence-corrected chi connectivity index (χ0v) is 7.75. The van der Waals surface area contributed by atoms with Gasteiger partial charge in [-0.3, -0.25) is 0 Å². The molecule has 0 atom stereocenters. The van der Waals surface area contributed by atoms with E-state index >= 15 is 0 Å². The Morgan fingerprint density at radius 2 is 2.00 bits per heavy atom. The maximum absolute atomic E-state index is 4.15. The van der Waals surface area contributed by atoms with Crippen LogP contribution in [0.4, 0.5) is 5.82 Å². The second-order valence-corrected chi connectivity index (χ2v) is 2.87. The Balaban J connectivity index is 2.47. The van der Waals surface area contributed by atoms with Crippen LogP contribution >= 0.6 is 11.7 Å². The van der Waals surface area contributed by atoms with Crippen LogP contribution in [0.25, 0.3) is 11.3 Å². The first-order valence-electron chi connectivity index (χ1n) is 3.67. The van der Waals surface area contributed by atoms with Crippen molar-refractivity contribution in [2.24, 2.45) is 0 Å². The third-order valence-corrected chi connectivity index (χ3v) is 2.09. The molecule has 0 aliphatic carbocycles. The average Bonchev–Trinajstić information content (AvgIpc) is 2.67. The Hall–Kier alpha value is -1.56. The predicted octanol–water partition coefficient (Wildman–Crippen LogP) is 1.04. The Morgan fingerprint density at radius 3 is 2.69 bits per heavy atom. The molecule has 1 N–H and O–H groups in total. The van der Waals surface area contributed by atoms with Gasteiger partial charge in [-0.1, -0.05) is 0 Å². The highest BCUT2D eigenvalue weighted by atomic mass is 32.1. The van der Waals surface area contributed by atoms with Crippen molar-refractivity contribution in [1.82, 2.24) is 18.7 Å². The summed E-state index contributed by atoms with van der Waals surface area (Å²) in [4.78, 5) is 7.83. The molecule has 2 aromatic rings. The first kappa shape index (κ1) is 8.06. The molecule has 0 saturated carbocycles. The summed E-state index contributed by atoms with van der Waals surface area (Å²) in [5.41, 5.74) is 1.67. The predicted molar refractivity (Wildman–Crippen MR) is 50.5 cm³/mol. The number of nitrogens with zero attached hydrogens (tertiary/aromatic N) is 4. The lowest BCUT2D eigenvalue weighted by Gasteiger charge is -1.97. The van der Waals surface area contributed by atoms with E-state index in [1.165, 1.54) is 18.1 Å². The van der Waals surface area contributed by atoms with E-state index < -0.39 is 0 Å². The molecule has 0 radical (unpaired) electrons. The number of rotatable bonds is 2. The largest absolute Gasteiger partial charge is 0.370 e. The summed E-state index contributed by atoms with van der Waals surface area (Å²) >= 11 is 1.17. The minimum atomic E-state index is 0.764.